The van der Waals surface area contributed by atoms with E-state index in [-0.39, 0.29) is 0 Å². The molecular weight excluding hydrogens is 527 g/mol. The molecule has 0 aliphatic rings. The van der Waals surface area contributed by atoms with Crippen LogP contribution in [0.5, 0.6) is 0 Å². The molecule has 0 saturated carbocycles. The minimum Gasteiger partial charge on any atom is -0.310 e. The van der Waals surface area contributed by atoms with Gasteiger partial charge in [0.2, 0.25) is 0 Å². The molecule has 0 atom stereocenters. The lowest BCUT2D eigenvalue weighted by atomic mass is 10.0. The highest BCUT2D eigenvalue weighted by molar-refractivity contribution is 7.26. The number of nitrogens with zero attached hydrogens (tertiary/aromatic N) is 1. The van der Waals surface area contributed by atoms with Gasteiger partial charge in [0.1, 0.15) is 0 Å². The van der Waals surface area contributed by atoms with Crippen LogP contribution in [-0.2, 0) is 0 Å². The van der Waals surface area contributed by atoms with Crippen molar-refractivity contribution in [2.75, 3.05) is 4.90 Å². The highest BCUT2D eigenvalue weighted by atomic mass is 32.1. The average Bonchev–Trinajstić information content (AvgIpc) is 3.45. The summed E-state index contributed by atoms with van der Waals surface area (Å²) in [6.45, 7) is 0. The number of benzene rings is 7. The van der Waals surface area contributed by atoms with Crippen molar-refractivity contribution in [2.24, 2.45) is 0 Å². The van der Waals surface area contributed by atoms with E-state index >= 15 is 0 Å². The van der Waals surface area contributed by atoms with Gasteiger partial charge in [-0.3, -0.25) is 0 Å². The number of hydrogen-bond acceptors (Lipinski definition) is 2. The number of thiophene rings is 1. The van der Waals surface area contributed by atoms with Crippen LogP contribution < -0.4 is 4.90 Å². The first-order chi connectivity index (χ1) is 20.8. The van der Waals surface area contributed by atoms with E-state index < -0.39 is 0 Å². The third-order valence-electron chi connectivity index (χ3n) is 8.07. The second-order valence-electron chi connectivity index (χ2n) is 10.6. The first-order valence-corrected chi connectivity index (χ1v) is 15.1. The summed E-state index contributed by atoms with van der Waals surface area (Å²) in [7, 11) is 0. The van der Waals surface area contributed by atoms with Gasteiger partial charge in [0.25, 0.3) is 0 Å². The zero-order chi connectivity index (χ0) is 27.9. The molecule has 8 aromatic rings. The Morgan fingerprint density at radius 3 is 1.38 bits per heavy atom. The lowest BCUT2D eigenvalue weighted by molar-refractivity contribution is 1.30. The third-order valence-corrected chi connectivity index (χ3v) is 9.29. The Morgan fingerprint density at radius 1 is 0.357 bits per heavy atom. The molecule has 7 aromatic carbocycles. The van der Waals surface area contributed by atoms with Crippen LogP contribution in [0.1, 0.15) is 0 Å². The van der Waals surface area contributed by atoms with Gasteiger partial charge in [-0.2, -0.15) is 0 Å². The molecule has 1 heterocycles. The number of fused-ring (bicyclic) bond motifs is 5. The molecule has 0 radical (unpaired) electrons. The topological polar surface area (TPSA) is 3.24 Å². The first-order valence-electron chi connectivity index (χ1n) is 14.3. The van der Waals surface area contributed by atoms with Crippen LogP contribution >= 0.6 is 11.3 Å². The van der Waals surface area contributed by atoms with E-state index in [2.05, 4.69) is 169 Å². The van der Waals surface area contributed by atoms with E-state index in [0.29, 0.717) is 0 Å². The van der Waals surface area contributed by atoms with Gasteiger partial charge in [0, 0.05) is 42.3 Å². The lowest BCUT2D eigenvalue weighted by Gasteiger charge is -2.27. The quantitative estimate of drug-likeness (QED) is 0.205. The summed E-state index contributed by atoms with van der Waals surface area (Å²) in [5.41, 5.74) is 8.31. The molecule has 8 rings (SSSR count). The van der Waals surface area contributed by atoms with Crippen LogP contribution in [0.3, 0.4) is 0 Å². The van der Waals surface area contributed by atoms with Gasteiger partial charge >= 0.3 is 0 Å². The molecule has 0 amide bonds. The third kappa shape index (κ3) is 4.25. The van der Waals surface area contributed by atoms with Crippen molar-refractivity contribution in [1.82, 2.24) is 0 Å². The molecule has 0 saturated heterocycles. The summed E-state index contributed by atoms with van der Waals surface area (Å²) < 4.78 is 2.66. The van der Waals surface area contributed by atoms with Crippen LogP contribution in [-0.4, -0.2) is 0 Å². The minimum atomic E-state index is 1.13. The molecule has 2 heteroatoms. The molecule has 0 N–H and O–H groups in total. The van der Waals surface area contributed by atoms with E-state index in [1.807, 2.05) is 11.3 Å². The largest absolute Gasteiger partial charge is 0.310 e. The Hall–Kier alpha value is -5.18. The summed E-state index contributed by atoms with van der Waals surface area (Å²) >= 11 is 1.88. The fraction of sp³-hybridized carbons (Fsp3) is 0. The van der Waals surface area contributed by atoms with E-state index in [9.17, 15) is 0 Å². The fourth-order valence-electron chi connectivity index (χ4n) is 6.01. The molecular formula is C40H27NS. The maximum Gasteiger partial charge on any atom is 0.0547 e. The van der Waals surface area contributed by atoms with Gasteiger partial charge < -0.3 is 4.90 Å². The molecule has 0 aliphatic heterocycles. The predicted molar refractivity (Wildman–Crippen MR) is 182 cm³/mol. The summed E-state index contributed by atoms with van der Waals surface area (Å²) in [4.78, 5) is 2.41. The Morgan fingerprint density at radius 2 is 0.810 bits per heavy atom. The van der Waals surface area contributed by atoms with E-state index in [4.69, 9.17) is 0 Å². The van der Waals surface area contributed by atoms with Crippen molar-refractivity contribution >= 4 is 59.3 Å². The van der Waals surface area contributed by atoms with Crippen LogP contribution in [0, 0.1) is 0 Å². The molecule has 1 aromatic heterocycles. The monoisotopic (exact) mass is 553 g/mol. The Labute approximate surface area is 249 Å². The van der Waals surface area contributed by atoms with Crippen LogP contribution in [0.15, 0.2) is 164 Å². The smallest absolute Gasteiger partial charge is 0.0547 e. The number of hydrogen-bond donors (Lipinski definition) is 0. The van der Waals surface area contributed by atoms with E-state index in [0.717, 1.165) is 11.4 Å². The summed E-state index contributed by atoms with van der Waals surface area (Å²) in [5.74, 6) is 0. The molecule has 198 valence electrons. The second kappa shape index (κ2) is 10.3. The zero-order valence-electron chi connectivity index (χ0n) is 22.9. The van der Waals surface area contributed by atoms with Gasteiger partial charge in [-0.15, -0.1) is 11.3 Å². The maximum atomic E-state index is 2.41. The van der Waals surface area contributed by atoms with Crippen LogP contribution in [0.4, 0.5) is 17.1 Å². The molecule has 0 fully saturated rings. The first kappa shape index (κ1) is 24.6. The van der Waals surface area contributed by atoms with Crippen molar-refractivity contribution in [1.29, 1.82) is 0 Å². The van der Waals surface area contributed by atoms with E-state index in [1.165, 1.54) is 58.9 Å². The maximum absolute atomic E-state index is 2.41. The van der Waals surface area contributed by atoms with Gasteiger partial charge in [0.05, 0.1) is 5.69 Å². The molecule has 0 aliphatic carbocycles. The summed E-state index contributed by atoms with van der Waals surface area (Å²) in [6, 6.07) is 59.1. The predicted octanol–water partition coefficient (Wildman–Crippen LogP) is 12.0. The Bertz CT molecular complexity index is 2080. The van der Waals surface area contributed by atoms with Crippen molar-refractivity contribution in [3.63, 3.8) is 0 Å². The minimum absolute atomic E-state index is 1.13. The summed E-state index contributed by atoms with van der Waals surface area (Å²) in [5, 5.41) is 5.15. The molecule has 0 spiro atoms. The SMILES string of the molecule is c1ccc(-c2ccc(N(c3ccc(-c4ccccc4)cc3)c3cc4c5ccccc5sc4c4ccccc34)cc2)cc1. The van der Waals surface area contributed by atoms with Gasteiger partial charge in [-0.05, 0) is 58.7 Å². The molecule has 0 bridgehead atoms. The summed E-state index contributed by atoms with van der Waals surface area (Å²) in [6.07, 6.45) is 0. The Kier molecular flexibility index (Phi) is 6.05. The standard InChI is InChI=1S/C40H27NS/c1-3-11-28(12-4-1)30-19-23-32(24-20-30)41(33-25-21-31(22-26-33)29-13-5-2-6-14-29)38-27-37-35-16-9-10-18-39(35)42-40(37)36-17-8-7-15-34(36)38/h1-27H. The van der Waals surface area contributed by atoms with Crippen molar-refractivity contribution in [3.05, 3.63) is 164 Å². The normalized spacial score (nSPS) is 11.3. The van der Waals surface area contributed by atoms with Gasteiger partial charge in [-0.1, -0.05) is 127 Å². The molecule has 42 heavy (non-hydrogen) atoms. The van der Waals surface area contributed by atoms with Crippen LogP contribution in [0.2, 0.25) is 0 Å². The van der Waals surface area contributed by atoms with Crippen LogP contribution in [0.25, 0.3) is 53.2 Å². The fourth-order valence-corrected chi connectivity index (χ4v) is 7.23. The highest BCUT2D eigenvalue weighted by Crippen LogP contribution is 2.46. The number of anilines is 3. The Balaban J connectivity index is 1.35. The number of rotatable bonds is 5. The van der Waals surface area contributed by atoms with Gasteiger partial charge in [0.15, 0.2) is 0 Å². The van der Waals surface area contributed by atoms with Crippen molar-refractivity contribution < 1.29 is 0 Å². The highest BCUT2D eigenvalue weighted by Gasteiger charge is 2.19. The molecule has 1 nitrogen and oxygen atoms in total. The van der Waals surface area contributed by atoms with E-state index in [1.54, 1.807) is 0 Å². The van der Waals surface area contributed by atoms with Gasteiger partial charge in [-0.25, -0.2) is 0 Å². The zero-order valence-corrected chi connectivity index (χ0v) is 23.8. The van der Waals surface area contributed by atoms with Crippen molar-refractivity contribution in [3.8, 4) is 22.3 Å². The lowest BCUT2D eigenvalue weighted by Crippen LogP contribution is -2.10. The molecule has 0 unspecified atom stereocenters. The average molecular weight is 554 g/mol. The second-order valence-corrected chi connectivity index (χ2v) is 11.6. The van der Waals surface area contributed by atoms with Crippen molar-refractivity contribution in [2.45, 2.75) is 0 Å².